The van der Waals surface area contributed by atoms with Crippen LogP contribution in [0.5, 0.6) is 0 Å². The van der Waals surface area contributed by atoms with Crippen molar-refractivity contribution < 1.29 is 28.3 Å². The molecule has 0 aliphatic carbocycles. The summed E-state index contributed by atoms with van der Waals surface area (Å²) in [5, 5.41) is 22.9. The Labute approximate surface area is 393 Å². The van der Waals surface area contributed by atoms with Crippen LogP contribution in [0.3, 0.4) is 0 Å². The van der Waals surface area contributed by atoms with Crippen LogP contribution >= 0.6 is 0 Å². The highest BCUT2D eigenvalue weighted by atomic mass is 28.4. The highest BCUT2D eigenvalue weighted by molar-refractivity contribution is 6.72. The Morgan fingerprint density at radius 1 is 0.735 bits per heavy atom. The number of nitrogens with zero attached hydrogens (tertiary/aromatic N) is 6. The Morgan fingerprint density at radius 3 is 1.96 bits per heavy atom. The molecule has 1 fully saturated rings. The largest absolute Gasteiger partial charge is 0.395 e. The zero-order valence-corrected chi connectivity index (χ0v) is 38.7. The van der Waals surface area contributed by atoms with E-state index in [0.29, 0.717) is 52.4 Å². The highest BCUT2D eigenvalue weighted by Crippen LogP contribution is 2.61. The van der Waals surface area contributed by atoms with Gasteiger partial charge in [0.25, 0.3) is 17.7 Å². The molecule has 338 valence electrons. The van der Waals surface area contributed by atoms with Crippen LogP contribution in [0, 0.1) is 5.92 Å². The maximum Gasteiger partial charge on any atom is 0.264 e. The van der Waals surface area contributed by atoms with E-state index < -0.39 is 31.6 Å². The second-order valence-corrected chi connectivity index (χ2v) is 22.8. The number of amides is 3. The maximum atomic E-state index is 17.0. The summed E-state index contributed by atoms with van der Waals surface area (Å²) in [6, 6.07) is 46.3. The van der Waals surface area contributed by atoms with Gasteiger partial charge in [-0.2, -0.15) is 0 Å². The molecule has 13 heteroatoms. The maximum absolute atomic E-state index is 17.0. The zero-order valence-electron chi connectivity index (χ0n) is 37.7. The van der Waals surface area contributed by atoms with Crippen molar-refractivity contribution in [3.8, 4) is 0 Å². The molecule has 0 bridgehead atoms. The van der Waals surface area contributed by atoms with E-state index in [1.807, 2.05) is 159 Å². The van der Waals surface area contributed by atoms with Gasteiger partial charge in [-0.25, -0.2) is 0 Å². The van der Waals surface area contributed by atoms with Gasteiger partial charge < -0.3 is 18.9 Å². The molecule has 3 amide bonds. The summed E-state index contributed by atoms with van der Waals surface area (Å²) < 4.78 is 26.0. The lowest BCUT2D eigenvalue weighted by atomic mass is 9.82. The topological polar surface area (TPSA) is 121 Å². The Balaban J connectivity index is 0.905. The van der Waals surface area contributed by atoms with Crippen molar-refractivity contribution in [1.29, 1.82) is 0 Å². The number of hydrogen-bond donors (Lipinski definition) is 1. The molecule has 1 unspecified atom stereocenters. The fourth-order valence-corrected chi connectivity index (χ4v) is 14.3. The molecule has 1 N–H and O–H groups in total. The third-order valence-corrected chi connectivity index (χ3v) is 17.2. The van der Waals surface area contributed by atoms with E-state index in [0.717, 1.165) is 44.0 Å². The summed E-state index contributed by atoms with van der Waals surface area (Å²) in [4.78, 5) is 48.9. The number of benzene rings is 7. The SMILES string of the molecule is C[C@@H]1[C@@H]([Si](C)(C)F)[C@H](CCn2cc(C(CO)c3ccccc3)nn2)O[C@@]12C(=O)N(Cc1ccc(N3C(=O)c4cccc5cccc3c45)cc1)c1ccc(N3C(=O)c4cccc5cccc3c45)cc12. The molecule has 68 heavy (non-hydrogen) atoms. The van der Waals surface area contributed by atoms with Crippen LogP contribution < -0.4 is 14.7 Å². The molecule has 1 aromatic heterocycles. The second kappa shape index (κ2) is 15.6. The lowest BCUT2D eigenvalue weighted by Gasteiger charge is -2.31. The second-order valence-electron chi connectivity index (χ2n) is 19.0. The quantitative estimate of drug-likeness (QED) is 0.101. The molecule has 0 saturated carbocycles. The molecular formula is C55H47FN6O5Si. The number of aliphatic hydroxyl groups is 1. The molecular weight excluding hydrogens is 872 g/mol. The minimum absolute atomic E-state index is 0.0941. The van der Waals surface area contributed by atoms with Gasteiger partial charge in [0.1, 0.15) is 0 Å². The molecule has 5 atom stereocenters. The molecule has 7 aromatic carbocycles. The van der Waals surface area contributed by atoms with Gasteiger partial charge in [-0.1, -0.05) is 103 Å². The van der Waals surface area contributed by atoms with Crippen molar-refractivity contribution >= 4 is 76.1 Å². The zero-order chi connectivity index (χ0) is 46.6. The van der Waals surface area contributed by atoms with Crippen LogP contribution in [0.1, 0.15) is 62.4 Å². The van der Waals surface area contributed by atoms with E-state index in [-0.39, 0.29) is 36.8 Å². The molecule has 4 aliphatic rings. The first-order chi connectivity index (χ1) is 33.0. The van der Waals surface area contributed by atoms with Crippen LogP contribution in [0.4, 0.5) is 32.5 Å². The number of fused-ring (bicyclic) bond motifs is 2. The van der Waals surface area contributed by atoms with Crippen molar-refractivity contribution in [3.63, 3.8) is 0 Å². The summed E-state index contributed by atoms with van der Waals surface area (Å²) in [5.74, 6) is -1.50. The molecule has 1 saturated heterocycles. The number of aryl methyl sites for hydroxylation is 1. The van der Waals surface area contributed by atoms with Crippen LogP contribution in [-0.4, -0.2) is 58.9 Å². The predicted molar refractivity (Wildman–Crippen MR) is 263 cm³/mol. The van der Waals surface area contributed by atoms with Crippen molar-refractivity contribution in [3.05, 3.63) is 185 Å². The number of aromatic nitrogens is 3. The first kappa shape index (κ1) is 42.1. The molecule has 11 nitrogen and oxygen atoms in total. The predicted octanol–water partition coefficient (Wildman–Crippen LogP) is 10.7. The molecule has 12 rings (SSSR count). The minimum atomic E-state index is -3.55. The Morgan fingerprint density at radius 2 is 1.34 bits per heavy atom. The summed E-state index contributed by atoms with van der Waals surface area (Å²) >= 11 is 0. The van der Waals surface area contributed by atoms with Crippen molar-refractivity contribution in [2.45, 2.75) is 62.7 Å². The fourth-order valence-electron chi connectivity index (χ4n) is 11.8. The first-order valence-corrected chi connectivity index (χ1v) is 26.1. The van der Waals surface area contributed by atoms with Gasteiger partial charge >= 0.3 is 0 Å². The van der Waals surface area contributed by atoms with E-state index in [2.05, 4.69) is 10.3 Å². The van der Waals surface area contributed by atoms with Gasteiger partial charge in [0.2, 0.25) is 8.41 Å². The summed E-state index contributed by atoms with van der Waals surface area (Å²) in [5.41, 5.74) is 5.57. The summed E-state index contributed by atoms with van der Waals surface area (Å²) in [6.45, 7) is 5.69. The van der Waals surface area contributed by atoms with Gasteiger partial charge in [0.15, 0.2) is 5.60 Å². The average Bonchev–Trinajstić information content (AvgIpc) is 4.13. The van der Waals surface area contributed by atoms with E-state index in [4.69, 9.17) is 4.74 Å². The number of aliphatic hydroxyl groups excluding tert-OH is 1. The number of ether oxygens (including phenoxy) is 1. The van der Waals surface area contributed by atoms with Crippen molar-refractivity contribution in [2.75, 3.05) is 21.3 Å². The molecule has 8 aromatic rings. The molecule has 4 aliphatic heterocycles. The number of anilines is 5. The first-order valence-electron chi connectivity index (χ1n) is 23.2. The average molecular weight is 919 g/mol. The monoisotopic (exact) mass is 918 g/mol. The van der Waals surface area contributed by atoms with Crippen LogP contribution in [0.2, 0.25) is 18.6 Å². The van der Waals surface area contributed by atoms with E-state index in [1.54, 1.807) is 32.5 Å². The number of rotatable bonds is 11. The third kappa shape index (κ3) is 6.25. The standard InChI is InChI=1S/C55H47FN6O5Si/c1-33-51(68(2,3)56)48(27-28-59-31-44(57-58-59)42(32-63)35-11-5-4-6-12-35)67-55(33)43-29-39(62-47-20-10-16-37-14-8-18-41(50(37)47)53(62)65)25-26-45(43)60(54(55)66)30-34-21-23-38(24-22-34)61-46-19-9-15-36-13-7-17-40(49(36)46)52(61)64/h4-26,29,31,33,42,48,51,63H,27-28,30,32H2,1-3H3/t33-,42?,48+,51-,55+/m1/s1. The van der Waals surface area contributed by atoms with Crippen molar-refractivity contribution in [1.82, 2.24) is 15.0 Å². The third-order valence-electron chi connectivity index (χ3n) is 14.8. The van der Waals surface area contributed by atoms with Crippen LogP contribution in [0.15, 0.2) is 152 Å². The van der Waals surface area contributed by atoms with Gasteiger partial charge in [-0.15, -0.1) is 5.10 Å². The number of halogens is 1. The molecule has 1 spiro atoms. The van der Waals surface area contributed by atoms with E-state index in [9.17, 15) is 14.7 Å². The number of carbonyl (C=O) groups excluding carboxylic acids is 3. The van der Waals surface area contributed by atoms with Gasteiger partial charge in [0, 0.05) is 51.9 Å². The van der Waals surface area contributed by atoms with E-state index in [1.165, 1.54) is 0 Å². The summed E-state index contributed by atoms with van der Waals surface area (Å²) in [7, 11) is -3.55. The minimum Gasteiger partial charge on any atom is -0.395 e. The fraction of sp³-hybridized carbons (Fsp3) is 0.218. The number of carbonyl (C=O) groups is 3. The lowest BCUT2D eigenvalue weighted by Crippen LogP contribution is -2.45. The summed E-state index contributed by atoms with van der Waals surface area (Å²) in [6.07, 6.45) is 1.51. The van der Waals surface area contributed by atoms with E-state index >= 15 is 8.90 Å². The van der Waals surface area contributed by atoms with Crippen LogP contribution in [0.25, 0.3) is 21.5 Å². The Bertz CT molecular complexity index is 3360. The normalized spacial score (nSPS) is 21.0. The van der Waals surface area contributed by atoms with Crippen LogP contribution in [-0.2, 0) is 28.2 Å². The van der Waals surface area contributed by atoms with Gasteiger partial charge in [-0.05, 0) is 96.0 Å². The van der Waals surface area contributed by atoms with Gasteiger partial charge in [0.05, 0.1) is 59.1 Å². The highest BCUT2D eigenvalue weighted by Gasteiger charge is 2.66. The van der Waals surface area contributed by atoms with Crippen molar-refractivity contribution in [2.24, 2.45) is 5.92 Å². The lowest BCUT2D eigenvalue weighted by molar-refractivity contribution is -0.146. The molecule has 0 radical (unpaired) electrons. The Hall–Kier alpha value is -7.32. The smallest absolute Gasteiger partial charge is 0.264 e. The molecule has 5 heterocycles. The Kier molecular flexibility index (Phi) is 9.66. The number of hydrogen-bond acceptors (Lipinski definition) is 7. The van der Waals surface area contributed by atoms with Gasteiger partial charge in [-0.3, -0.25) is 28.9 Å².